The van der Waals surface area contributed by atoms with E-state index in [2.05, 4.69) is 0 Å². The standard InChI is InChI=1S/C21H20ClNO5/c1-13-17(22)7-4-8-18(13)23-11-15(10-20(23)25)21(26)28-12-19(24)14-5-3-6-16(9-14)27-2/h3-9,15H,10-12H2,1-2H3/t15-/m1/s1. The first-order chi connectivity index (χ1) is 13.4. The highest BCUT2D eigenvalue weighted by Gasteiger charge is 2.37. The summed E-state index contributed by atoms with van der Waals surface area (Å²) >= 11 is 6.13. The van der Waals surface area contributed by atoms with Crippen LogP contribution >= 0.6 is 11.6 Å². The van der Waals surface area contributed by atoms with E-state index < -0.39 is 11.9 Å². The Bertz CT molecular complexity index is 927. The number of halogens is 1. The number of carbonyl (C=O) groups excluding carboxylic acids is 3. The summed E-state index contributed by atoms with van der Waals surface area (Å²) < 4.78 is 10.3. The lowest BCUT2D eigenvalue weighted by Crippen LogP contribution is -2.27. The average Bonchev–Trinajstić information content (AvgIpc) is 3.09. The number of carbonyl (C=O) groups is 3. The highest BCUT2D eigenvalue weighted by atomic mass is 35.5. The fraction of sp³-hybridized carbons (Fsp3) is 0.286. The molecule has 0 N–H and O–H groups in total. The predicted molar refractivity (Wildman–Crippen MR) is 105 cm³/mol. The lowest BCUT2D eigenvalue weighted by molar-refractivity contribution is -0.147. The molecule has 3 rings (SSSR count). The van der Waals surface area contributed by atoms with Gasteiger partial charge >= 0.3 is 5.97 Å². The topological polar surface area (TPSA) is 72.9 Å². The van der Waals surface area contributed by atoms with Crippen LogP contribution in [0, 0.1) is 12.8 Å². The van der Waals surface area contributed by atoms with Crippen LogP contribution in [0.4, 0.5) is 5.69 Å². The van der Waals surface area contributed by atoms with Crippen LogP contribution in [0.1, 0.15) is 22.3 Å². The molecular weight excluding hydrogens is 382 g/mol. The third kappa shape index (κ3) is 4.17. The normalized spacial score (nSPS) is 16.2. The Balaban J connectivity index is 1.61. The molecule has 28 heavy (non-hydrogen) atoms. The second kappa shape index (κ2) is 8.44. The number of ether oxygens (including phenoxy) is 2. The number of hydrogen-bond acceptors (Lipinski definition) is 5. The molecule has 1 fully saturated rings. The number of rotatable bonds is 6. The minimum Gasteiger partial charge on any atom is -0.497 e. The Hall–Kier alpha value is -2.86. The molecule has 0 saturated carbocycles. The number of amides is 1. The molecule has 0 aliphatic carbocycles. The molecule has 0 aromatic heterocycles. The van der Waals surface area contributed by atoms with Crippen molar-refractivity contribution in [1.82, 2.24) is 0 Å². The Morgan fingerprint density at radius 2 is 1.96 bits per heavy atom. The van der Waals surface area contributed by atoms with Crippen LogP contribution in [0.3, 0.4) is 0 Å². The van der Waals surface area contributed by atoms with Gasteiger partial charge < -0.3 is 14.4 Å². The van der Waals surface area contributed by atoms with E-state index in [9.17, 15) is 14.4 Å². The lowest BCUT2D eigenvalue weighted by Gasteiger charge is -2.19. The van der Waals surface area contributed by atoms with Crippen LogP contribution < -0.4 is 9.64 Å². The van der Waals surface area contributed by atoms with Gasteiger partial charge in [-0.3, -0.25) is 14.4 Å². The third-order valence-electron chi connectivity index (χ3n) is 4.73. The second-order valence-electron chi connectivity index (χ2n) is 6.55. The van der Waals surface area contributed by atoms with Crippen LogP contribution in [0.5, 0.6) is 5.75 Å². The van der Waals surface area contributed by atoms with Gasteiger partial charge in [0, 0.05) is 29.2 Å². The van der Waals surface area contributed by atoms with Crippen molar-refractivity contribution in [3.05, 3.63) is 58.6 Å². The summed E-state index contributed by atoms with van der Waals surface area (Å²) in [7, 11) is 1.51. The fourth-order valence-corrected chi connectivity index (χ4v) is 3.29. The first kappa shape index (κ1) is 19.9. The molecule has 0 radical (unpaired) electrons. The van der Waals surface area contributed by atoms with Crippen molar-refractivity contribution in [2.45, 2.75) is 13.3 Å². The van der Waals surface area contributed by atoms with Crippen molar-refractivity contribution in [1.29, 1.82) is 0 Å². The van der Waals surface area contributed by atoms with E-state index in [0.717, 1.165) is 5.56 Å². The maximum atomic E-state index is 12.4. The number of methoxy groups -OCH3 is 1. The first-order valence-corrected chi connectivity index (χ1v) is 9.18. The zero-order valence-electron chi connectivity index (χ0n) is 15.6. The van der Waals surface area contributed by atoms with Crippen LogP contribution in [-0.4, -0.2) is 37.9 Å². The Morgan fingerprint density at radius 3 is 2.71 bits per heavy atom. The molecule has 2 aromatic rings. The van der Waals surface area contributed by atoms with Crippen LogP contribution in [-0.2, 0) is 14.3 Å². The van der Waals surface area contributed by atoms with Crippen molar-refractivity contribution in [3.63, 3.8) is 0 Å². The molecular formula is C21H20ClNO5. The molecule has 1 aliphatic rings. The van der Waals surface area contributed by atoms with Gasteiger partial charge in [-0.05, 0) is 36.8 Å². The van der Waals surface area contributed by atoms with E-state index >= 15 is 0 Å². The number of ketones is 1. The number of hydrogen-bond donors (Lipinski definition) is 0. The summed E-state index contributed by atoms with van der Waals surface area (Å²) in [4.78, 5) is 38.5. The zero-order valence-corrected chi connectivity index (χ0v) is 16.4. The summed E-state index contributed by atoms with van der Waals surface area (Å²) in [6, 6.07) is 11.9. The zero-order chi connectivity index (χ0) is 20.3. The molecule has 6 nitrogen and oxygen atoms in total. The number of nitrogens with zero attached hydrogens (tertiary/aromatic N) is 1. The lowest BCUT2D eigenvalue weighted by atomic mass is 10.1. The molecule has 1 atom stereocenters. The van der Waals surface area contributed by atoms with Crippen LogP contribution in [0.15, 0.2) is 42.5 Å². The number of benzene rings is 2. The fourth-order valence-electron chi connectivity index (χ4n) is 3.12. The maximum absolute atomic E-state index is 12.4. The summed E-state index contributed by atoms with van der Waals surface area (Å²) in [6.45, 7) is 1.64. The van der Waals surface area contributed by atoms with Crippen molar-refractivity contribution in [2.75, 3.05) is 25.2 Å². The molecule has 146 valence electrons. The van der Waals surface area contributed by atoms with E-state index in [1.807, 2.05) is 6.92 Å². The summed E-state index contributed by atoms with van der Waals surface area (Å²) in [5.74, 6) is -1.15. The van der Waals surface area contributed by atoms with Crippen molar-refractivity contribution >= 4 is 34.9 Å². The van der Waals surface area contributed by atoms with Crippen molar-refractivity contribution < 1.29 is 23.9 Å². The minimum absolute atomic E-state index is 0.0398. The van der Waals surface area contributed by atoms with E-state index in [0.29, 0.717) is 22.0 Å². The Labute approximate surface area is 168 Å². The van der Waals surface area contributed by atoms with Crippen LogP contribution in [0.2, 0.25) is 5.02 Å². The van der Waals surface area contributed by atoms with Gasteiger partial charge in [-0.25, -0.2) is 0 Å². The maximum Gasteiger partial charge on any atom is 0.311 e. The Morgan fingerprint density at radius 1 is 1.21 bits per heavy atom. The molecule has 7 heteroatoms. The van der Waals surface area contributed by atoms with Crippen LogP contribution in [0.25, 0.3) is 0 Å². The van der Waals surface area contributed by atoms with Crippen molar-refractivity contribution in [3.8, 4) is 5.75 Å². The summed E-state index contributed by atoms with van der Waals surface area (Å²) in [5, 5.41) is 0.556. The highest BCUT2D eigenvalue weighted by Crippen LogP contribution is 2.31. The predicted octanol–water partition coefficient (Wildman–Crippen LogP) is 3.44. The van der Waals surface area contributed by atoms with E-state index in [4.69, 9.17) is 21.1 Å². The van der Waals surface area contributed by atoms with Gasteiger partial charge in [0.25, 0.3) is 0 Å². The molecule has 1 heterocycles. The van der Waals surface area contributed by atoms with Crippen molar-refractivity contribution in [2.24, 2.45) is 5.92 Å². The highest BCUT2D eigenvalue weighted by molar-refractivity contribution is 6.31. The average molecular weight is 402 g/mol. The van der Waals surface area contributed by atoms with Gasteiger partial charge in [-0.15, -0.1) is 0 Å². The molecule has 1 saturated heterocycles. The third-order valence-corrected chi connectivity index (χ3v) is 5.13. The number of esters is 1. The number of anilines is 1. The largest absolute Gasteiger partial charge is 0.497 e. The van der Waals surface area contributed by atoms with E-state index in [1.54, 1.807) is 42.5 Å². The van der Waals surface area contributed by atoms with Gasteiger partial charge in [0.15, 0.2) is 12.4 Å². The molecule has 0 bridgehead atoms. The molecule has 2 aromatic carbocycles. The Kier molecular flexibility index (Phi) is 5.99. The number of Topliss-reactive ketones (excluding diaryl/α,β-unsaturated/α-hetero) is 1. The van der Waals surface area contributed by atoms with Gasteiger partial charge in [0.1, 0.15) is 5.75 Å². The minimum atomic E-state index is -0.621. The molecule has 1 amide bonds. The smallest absolute Gasteiger partial charge is 0.311 e. The SMILES string of the molecule is COc1cccc(C(=O)COC(=O)[C@@H]2CC(=O)N(c3cccc(Cl)c3C)C2)c1. The van der Waals surface area contributed by atoms with Gasteiger partial charge in [0.2, 0.25) is 5.91 Å². The van der Waals surface area contributed by atoms with Gasteiger partial charge in [-0.1, -0.05) is 29.8 Å². The molecule has 0 spiro atoms. The van der Waals surface area contributed by atoms with Gasteiger partial charge in [-0.2, -0.15) is 0 Å². The summed E-state index contributed by atoms with van der Waals surface area (Å²) in [5.41, 5.74) is 1.85. The van der Waals surface area contributed by atoms with Gasteiger partial charge in [0.05, 0.1) is 13.0 Å². The first-order valence-electron chi connectivity index (χ1n) is 8.80. The van der Waals surface area contributed by atoms with E-state index in [-0.39, 0.29) is 31.3 Å². The molecule has 0 unspecified atom stereocenters. The molecule has 1 aliphatic heterocycles. The second-order valence-corrected chi connectivity index (χ2v) is 6.96. The summed E-state index contributed by atoms with van der Waals surface area (Å²) in [6.07, 6.45) is 0.0398. The quantitative estimate of drug-likeness (QED) is 0.547. The monoisotopic (exact) mass is 401 g/mol. The van der Waals surface area contributed by atoms with E-state index in [1.165, 1.54) is 12.0 Å².